The van der Waals surface area contributed by atoms with Crippen LogP contribution in [0.5, 0.6) is 11.5 Å². The maximum Gasteiger partial charge on any atom is 0.586 e. The summed E-state index contributed by atoms with van der Waals surface area (Å²) in [5, 5.41) is 5.62. The van der Waals surface area contributed by atoms with E-state index in [1.807, 2.05) is 6.07 Å². The van der Waals surface area contributed by atoms with Gasteiger partial charge in [0.05, 0.1) is 16.4 Å². The van der Waals surface area contributed by atoms with Gasteiger partial charge in [-0.3, -0.25) is 14.3 Å². The average Bonchev–Trinajstić information content (AvgIpc) is 3.63. The molecule has 0 amide bonds. The van der Waals surface area contributed by atoms with Crippen LogP contribution in [0.3, 0.4) is 0 Å². The molecule has 11 nitrogen and oxygen atoms in total. The van der Waals surface area contributed by atoms with Crippen molar-refractivity contribution in [2.45, 2.75) is 71.1 Å². The van der Waals surface area contributed by atoms with Gasteiger partial charge in [-0.1, -0.05) is 39.3 Å². The van der Waals surface area contributed by atoms with E-state index in [0.29, 0.717) is 57.9 Å². The van der Waals surface area contributed by atoms with Gasteiger partial charge in [0.25, 0.3) is 0 Å². The van der Waals surface area contributed by atoms with Gasteiger partial charge in [0.2, 0.25) is 0 Å². The number of benzene rings is 1. The Hall–Kier alpha value is -4.06. The van der Waals surface area contributed by atoms with Crippen molar-refractivity contribution in [2.24, 2.45) is 0 Å². The minimum atomic E-state index is -3.76. The standard InChI is InChI=1S/C32H38F2N6O5Si2/c1-46(2,3)9-7-42-19-39-26-14-28-27(44-32(33,34)45-28)13-25(26)37-31(39)29-24-12-23(22-11-21(18-41)15-35-16-22)17-36-30(24)40(38-29)20-43-8-10-47(4,5)6/h11-18H,7-10,19-20H2,1-6H3. The van der Waals surface area contributed by atoms with Gasteiger partial charge in [0, 0.05) is 76.8 Å². The average molecular weight is 681 g/mol. The summed E-state index contributed by atoms with van der Waals surface area (Å²) in [7, 11) is -2.69. The van der Waals surface area contributed by atoms with Crippen molar-refractivity contribution in [2.75, 3.05) is 13.2 Å². The molecule has 1 aliphatic rings. The van der Waals surface area contributed by atoms with Crippen molar-refractivity contribution < 1.29 is 32.5 Å². The van der Waals surface area contributed by atoms with Gasteiger partial charge in [-0.15, -0.1) is 8.78 Å². The van der Waals surface area contributed by atoms with Crippen molar-refractivity contribution >= 4 is 44.5 Å². The molecule has 47 heavy (non-hydrogen) atoms. The Morgan fingerprint density at radius 3 is 2.21 bits per heavy atom. The number of alkyl halides is 2. The molecule has 15 heteroatoms. The summed E-state index contributed by atoms with van der Waals surface area (Å²) in [4.78, 5) is 25.3. The highest BCUT2D eigenvalue weighted by atomic mass is 28.3. The van der Waals surface area contributed by atoms with Crippen LogP contribution in [-0.4, -0.2) is 71.2 Å². The largest absolute Gasteiger partial charge is 0.586 e. The van der Waals surface area contributed by atoms with E-state index in [9.17, 15) is 13.6 Å². The highest BCUT2D eigenvalue weighted by Crippen LogP contribution is 2.44. The molecule has 0 saturated heterocycles. The molecule has 4 aromatic heterocycles. The molecular formula is C32H38F2N6O5Si2. The zero-order valence-corrected chi connectivity index (χ0v) is 29.3. The van der Waals surface area contributed by atoms with E-state index >= 15 is 0 Å². The normalized spacial score (nSPS) is 14.4. The Morgan fingerprint density at radius 1 is 0.872 bits per heavy atom. The number of nitrogens with zero attached hydrogens (tertiary/aromatic N) is 6. The lowest BCUT2D eigenvalue weighted by Gasteiger charge is -2.16. The van der Waals surface area contributed by atoms with E-state index < -0.39 is 22.4 Å². The molecule has 248 valence electrons. The molecule has 5 heterocycles. The summed E-state index contributed by atoms with van der Waals surface area (Å²) in [5.41, 5.74) is 3.89. The summed E-state index contributed by atoms with van der Waals surface area (Å²) < 4.78 is 53.1. The first kappa shape index (κ1) is 32.9. The topological polar surface area (TPSA) is 115 Å². The molecule has 0 radical (unpaired) electrons. The predicted molar refractivity (Wildman–Crippen MR) is 179 cm³/mol. The highest BCUT2D eigenvalue weighted by Gasteiger charge is 2.44. The van der Waals surface area contributed by atoms with Crippen molar-refractivity contribution in [1.82, 2.24) is 29.3 Å². The lowest BCUT2D eigenvalue weighted by atomic mass is 10.1. The Morgan fingerprint density at radius 2 is 1.53 bits per heavy atom. The SMILES string of the molecule is C[Si](C)(C)CCOCn1nc(-c2nc3cc4c(cc3n2COCC[Si](C)(C)C)OC(F)(F)O4)c2cc(-c3cncc(C=O)c3)cnc21. The molecule has 5 aromatic rings. The summed E-state index contributed by atoms with van der Waals surface area (Å²) in [6.07, 6.45) is 1.85. The fourth-order valence-corrected chi connectivity index (χ4v) is 6.61. The van der Waals surface area contributed by atoms with Crippen molar-refractivity contribution in [1.29, 1.82) is 0 Å². The molecule has 0 unspecified atom stereocenters. The quantitative estimate of drug-likeness (QED) is 0.0719. The zero-order chi connectivity index (χ0) is 33.6. The summed E-state index contributed by atoms with van der Waals surface area (Å²) in [6.45, 7) is 15.1. The van der Waals surface area contributed by atoms with Crippen LogP contribution in [0, 0.1) is 0 Å². The van der Waals surface area contributed by atoms with E-state index in [1.54, 1.807) is 27.7 Å². The van der Waals surface area contributed by atoms with Gasteiger partial charge in [-0.25, -0.2) is 14.6 Å². The van der Waals surface area contributed by atoms with Crippen LogP contribution < -0.4 is 9.47 Å². The fraction of sp³-hybridized carbons (Fsp3) is 0.406. The summed E-state index contributed by atoms with van der Waals surface area (Å²) >= 11 is 0. The minimum Gasteiger partial charge on any atom is -0.395 e. The van der Waals surface area contributed by atoms with Gasteiger partial charge in [0.15, 0.2) is 29.3 Å². The molecule has 0 saturated carbocycles. The van der Waals surface area contributed by atoms with Crippen molar-refractivity contribution in [3.8, 4) is 34.1 Å². The first-order valence-electron chi connectivity index (χ1n) is 15.4. The predicted octanol–water partition coefficient (Wildman–Crippen LogP) is 7.27. The van der Waals surface area contributed by atoms with E-state index in [1.165, 1.54) is 18.3 Å². The number of pyridine rings is 2. The molecule has 6 rings (SSSR count). The molecular weight excluding hydrogens is 643 g/mol. The third kappa shape index (κ3) is 7.42. The highest BCUT2D eigenvalue weighted by molar-refractivity contribution is 6.76. The van der Waals surface area contributed by atoms with E-state index in [4.69, 9.17) is 34.0 Å². The van der Waals surface area contributed by atoms with E-state index in [0.717, 1.165) is 23.9 Å². The number of aromatic nitrogens is 6. The van der Waals surface area contributed by atoms with Crippen LogP contribution in [0.25, 0.3) is 44.7 Å². The molecule has 0 spiro atoms. The molecule has 1 aromatic carbocycles. The van der Waals surface area contributed by atoms with Gasteiger partial charge < -0.3 is 18.9 Å². The third-order valence-electron chi connectivity index (χ3n) is 7.73. The van der Waals surface area contributed by atoms with Crippen molar-refractivity contribution in [3.63, 3.8) is 0 Å². The number of imidazole rings is 1. The van der Waals surface area contributed by atoms with Crippen LogP contribution >= 0.6 is 0 Å². The third-order valence-corrected chi connectivity index (χ3v) is 11.1. The smallest absolute Gasteiger partial charge is 0.395 e. The van der Waals surface area contributed by atoms with Crippen LogP contribution in [-0.2, 0) is 22.9 Å². The summed E-state index contributed by atoms with van der Waals surface area (Å²) in [6, 6.07) is 8.54. The Balaban J connectivity index is 1.47. The van der Waals surface area contributed by atoms with Crippen LogP contribution in [0.2, 0.25) is 51.4 Å². The molecule has 0 atom stereocenters. The number of hydrogen-bond acceptors (Lipinski definition) is 9. The number of halogens is 2. The molecule has 0 fully saturated rings. The molecule has 0 bridgehead atoms. The Bertz CT molecular complexity index is 1950. The summed E-state index contributed by atoms with van der Waals surface area (Å²) in [5.74, 6) is 0.263. The van der Waals surface area contributed by atoms with Gasteiger partial charge >= 0.3 is 6.29 Å². The minimum absolute atomic E-state index is 0.0880. The number of fused-ring (bicyclic) bond motifs is 3. The first-order chi connectivity index (χ1) is 22.2. The molecule has 0 aliphatic carbocycles. The van der Waals surface area contributed by atoms with Crippen LogP contribution in [0.15, 0.2) is 42.9 Å². The fourth-order valence-electron chi connectivity index (χ4n) is 5.10. The monoisotopic (exact) mass is 680 g/mol. The number of ether oxygens (including phenoxy) is 4. The molecule has 1 aliphatic heterocycles. The second-order valence-electron chi connectivity index (χ2n) is 14.1. The first-order valence-corrected chi connectivity index (χ1v) is 22.8. The van der Waals surface area contributed by atoms with Gasteiger partial charge in [-0.05, 0) is 24.2 Å². The maximum absolute atomic E-state index is 13.9. The van der Waals surface area contributed by atoms with Gasteiger partial charge in [-0.2, -0.15) is 5.10 Å². The number of rotatable bonds is 13. The molecule has 0 N–H and O–H groups in total. The second kappa shape index (κ2) is 12.5. The number of hydrogen-bond donors (Lipinski definition) is 0. The number of carbonyl (C=O) groups is 1. The lowest BCUT2D eigenvalue weighted by molar-refractivity contribution is -0.286. The Labute approximate surface area is 272 Å². The maximum atomic E-state index is 13.9. The van der Waals surface area contributed by atoms with Crippen molar-refractivity contribution in [3.05, 3.63) is 48.4 Å². The van der Waals surface area contributed by atoms with E-state index in [-0.39, 0.29) is 25.0 Å². The second-order valence-corrected chi connectivity index (χ2v) is 25.3. The zero-order valence-electron chi connectivity index (χ0n) is 27.3. The van der Waals surface area contributed by atoms with Gasteiger partial charge in [0.1, 0.15) is 19.2 Å². The van der Waals surface area contributed by atoms with Crippen LogP contribution in [0.4, 0.5) is 8.78 Å². The van der Waals surface area contributed by atoms with Crippen LogP contribution in [0.1, 0.15) is 10.4 Å². The Kier molecular flexibility index (Phi) is 8.75. The van der Waals surface area contributed by atoms with E-state index in [2.05, 4.69) is 44.3 Å². The lowest BCUT2D eigenvalue weighted by Crippen LogP contribution is -2.25. The number of aldehydes is 1. The number of carbonyl (C=O) groups excluding carboxylic acids is 1.